The van der Waals surface area contributed by atoms with E-state index in [1.165, 1.54) is 11.8 Å². The van der Waals surface area contributed by atoms with Crippen LogP contribution in [0, 0.1) is 5.92 Å². The fourth-order valence-corrected chi connectivity index (χ4v) is 5.03. The summed E-state index contributed by atoms with van der Waals surface area (Å²) in [4.78, 5) is 2.44. The molecule has 0 aliphatic carbocycles. The average Bonchev–Trinajstić information content (AvgIpc) is 2.84. The summed E-state index contributed by atoms with van der Waals surface area (Å²) in [6.07, 6.45) is 5.40. The smallest absolute Gasteiger partial charge is 0.211 e. The van der Waals surface area contributed by atoms with Crippen molar-refractivity contribution in [2.75, 3.05) is 25.9 Å². The highest BCUT2D eigenvalue weighted by Gasteiger charge is 2.37. The summed E-state index contributed by atoms with van der Waals surface area (Å²) in [6, 6.07) is 10.5. The summed E-state index contributed by atoms with van der Waals surface area (Å²) in [5, 5.41) is 7.37. The van der Waals surface area contributed by atoms with Crippen molar-refractivity contribution in [3.05, 3.63) is 42.1 Å². The van der Waals surface area contributed by atoms with Crippen LogP contribution in [0.1, 0.15) is 18.4 Å². The molecule has 0 saturated carbocycles. The Bertz CT molecular complexity index is 834. The Balaban J connectivity index is 1.56. The van der Waals surface area contributed by atoms with Gasteiger partial charge in [0.2, 0.25) is 10.0 Å². The van der Waals surface area contributed by atoms with E-state index >= 15 is 0 Å². The third-order valence-electron chi connectivity index (χ3n) is 5.42. The Morgan fingerprint density at radius 1 is 1.16 bits per heavy atom. The van der Waals surface area contributed by atoms with Crippen LogP contribution in [0.15, 0.2) is 36.5 Å². The van der Waals surface area contributed by atoms with Crippen molar-refractivity contribution in [1.82, 2.24) is 19.4 Å². The second-order valence-corrected chi connectivity index (χ2v) is 9.23. The molecule has 1 N–H and O–H groups in total. The molecule has 6 nitrogen and oxygen atoms in total. The van der Waals surface area contributed by atoms with Gasteiger partial charge in [0.15, 0.2) is 0 Å². The maximum absolute atomic E-state index is 12.0. The van der Waals surface area contributed by atoms with Gasteiger partial charge in [0.05, 0.1) is 18.1 Å². The van der Waals surface area contributed by atoms with Crippen molar-refractivity contribution < 1.29 is 8.42 Å². The number of benzene rings is 1. The van der Waals surface area contributed by atoms with Gasteiger partial charge in [-0.15, -0.1) is 0 Å². The summed E-state index contributed by atoms with van der Waals surface area (Å²) >= 11 is 0. The molecule has 2 atom stereocenters. The van der Waals surface area contributed by atoms with E-state index in [0.717, 1.165) is 37.2 Å². The zero-order valence-corrected chi connectivity index (χ0v) is 15.2. The zero-order chi connectivity index (χ0) is 17.4. The van der Waals surface area contributed by atoms with E-state index in [-0.39, 0.29) is 6.04 Å². The number of nitrogens with one attached hydrogen (secondary N) is 1. The van der Waals surface area contributed by atoms with Crippen LogP contribution >= 0.6 is 0 Å². The number of piperidine rings is 1. The van der Waals surface area contributed by atoms with Crippen molar-refractivity contribution >= 4 is 10.0 Å². The molecule has 2 bridgehead atoms. The first-order valence-corrected chi connectivity index (χ1v) is 10.6. The first-order chi connectivity index (χ1) is 12.0. The number of aromatic nitrogens is 2. The monoisotopic (exact) mass is 360 g/mol. The molecule has 5 rings (SSSR count). The molecule has 1 aromatic heterocycles. The van der Waals surface area contributed by atoms with Crippen LogP contribution in [-0.2, 0) is 16.6 Å². The molecule has 0 spiro atoms. The molecule has 0 amide bonds. The lowest BCUT2D eigenvalue weighted by Crippen LogP contribution is -2.43. The fraction of sp³-hybridized carbons (Fsp3) is 0.500. The minimum atomic E-state index is -3.12. The third kappa shape index (κ3) is 3.49. The van der Waals surface area contributed by atoms with E-state index < -0.39 is 10.0 Å². The van der Waals surface area contributed by atoms with Gasteiger partial charge in [-0.05, 0) is 24.3 Å². The third-order valence-corrected chi connectivity index (χ3v) is 6.65. The minimum Gasteiger partial charge on any atom is -0.294 e. The van der Waals surface area contributed by atoms with Gasteiger partial charge in [0.25, 0.3) is 0 Å². The normalized spacial score (nSPS) is 25.2. The Labute approximate surface area is 148 Å². The van der Waals surface area contributed by atoms with Crippen LogP contribution in [0.5, 0.6) is 0 Å². The number of aromatic amines is 1. The zero-order valence-electron chi connectivity index (χ0n) is 14.4. The van der Waals surface area contributed by atoms with Crippen LogP contribution in [0.25, 0.3) is 11.3 Å². The SMILES string of the molecule is CS(=O)(=O)N1C[C@@H]2CC[C@H](C1)N(Cc1cn[nH]c1-c1ccccc1)C2. The predicted molar refractivity (Wildman–Crippen MR) is 97.4 cm³/mol. The Morgan fingerprint density at radius 2 is 1.96 bits per heavy atom. The fourth-order valence-electron chi connectivity index (χ4n) is 4.11. The number of nitrogens with zero attached hydrogens (tertiary/aromatic N) is 3. The van der Waals surface area contributed by atoms with E-state index in [9.17, 15) is 8.42 Å². The molecule has 3 saturated heterocycles. The van der Waals surface area contributed by atoms with E-state index in [0.29, 0.717) is 19.0 Å². The van der Waals surface area contributed by atoms with Crippen molar-refractivity contribution in [1.29, 1.82) is 0 Å². The standard InChI is InChI=1S/C18H24N4O2S/c1-25(23,24)22-11-14-7-8-17(13-22)21(10-14)12-16-9-19-20-18(16)15-5-3-2-4-6-15/h2-6,9,14,17H,7-8,10-13H2,1H3,(H,19,20)/t14-,17-/m1/s1. The van der Waals surface area contributed by atoms with Crippen molar-refractivity contribution in [3.63, 3.8) is 0 Å². The largest absolute Gasteiger partial charge is 0.294 e. The van der Waals surface area contributed by atoms with Gasteiger partial charge in [-0.3, -0.25) is 10.00 Å². The van der Waals surface area contributed by atoms with Crippen molar-refractivity contribution in [3.8, 4) is 11.3 Å². The number of hydrogen-bond donors (Lipinski definition) is 1. The minimum absolute atomic E-state index is 0.284. The second-order valence-electron chi connectivity index (χ2n) is 7.24. The van der Waals surface area contributed by atoms with Gasteiger partial charge in [0, 0.05) is 37.8 Å². The van der Waals surface area contributed by atoms with E-state index in [1.807, 2.05) is 24.4 Å². The van der Waals surface area contributed by atoms with Crippen LogP contribution < -0.4 is 0 Å². The Morgan fingerprint density at radius 3 is 2.72 bits per heavy atom. The predicted octanol–water partition coefficient (Wildman–Crippen LogP) is 1.93. The molecule has 4 heterocycles. The lowest BCUT2D eigenvalue weighted by atomic mass is 9.94. The van der Waals surface area contributed by atoms with E-state index in [1.54, 1.807) is 4.31 Å². The average molecular weight is 360 g/mol. The highest BCUT2D eigenvalue weighted by atomic mass is 32.2. The molecule has 25 heavy (non-hydrogen) atoms. The number of hydrogen-bond acceptors (Lipinski definition) is 4. The van der Waals surface area contributed by atoms with Gasteiger partial charge in [-0.2, -0.15) is 5.10 Å². The van der Waals surface area contributed by atoms with Gasteiger partial charge >= 0.3 is 0 Å². The highest BCUT2D eigenvalue weighted by molar-refractivity contribution is 7.88. The molecule has 0 unspecified atom stereocenters. The molecule has 3 aliphatic rings. The molecular formula is C18H24N4O2S. The molecule has 3 aliphatic heterocycles. The van der Waals surface area contributed by atoms with Crippen molar-refractivity contribution in [2.24, 2.45) is 5.92 Å². The maximum Gasteiger partial charge on any atom is 0.211 e. The van der Waals surface area contributed by atoms with Gasteiger partial charge in [-0.25, -0.2) is 12.7 Å². The molecule has 0 radical (unpaired) electrons. The molecule has 2 aromatic rings. The van der Waals surface area contributed by atoms with Crippen LogP contribution in [0.2, 0.25) is 0 Å². The van der Waals surface area contributed by atoms with Gasteiger partial charge < -0.3 is 0 Å². The summed E-state index contributed by atoms with van der Waals surface area (Å²) in [6.45, 7) is 3.02. The number of H-pyrrole nitrogens is 1. The molecule has 7 heteroatoms. The topological polar surface area (TPSA) is 69.3 Å². The first kappa shape index (κ1) is 16.8. The van der Waals surface area contributed by atoms with Gasteiger partial charge in [-0.1, -0.05) is 30.3 Å². The molecule has 3 fully saturated rings. The van der Waals surface area contributed by atoms with Gasteiger partial charge in [0.1, 0.15) is 0 Å². The number of fused-ring (bicyclic) bond motifs is 4. The summed E-state index contributed by atoms with van der Waals surface area (Å²) in [5.41, 5.74) is 3.36. The number of rotatable bonds is 4. The lowest BCUT2D eigenvalue weighted by molar-refractivity contribution is 0.125. The van der Waals surface area contributed by atoms with E-state index in [2.05, 4.69) is 27.2 Å². The molecule has 134 valence electrons. The van der Waals surface area contributed by atoms with Crippen LogP contribution in [-0.4, -0.2) is 59.8 Å². The summed E-state index contributed by atoms with van der Waals surface area (Å²) < 4.78 is 25.7. The summed E-state index contributed by atoms with van der Waals surface area (Å²) in [5.74, 6) is 0.417. The molecule has 1 aromatic carbocycles. The molecular weight excluding hydrogens is 336 g/mol. The van der Waals surface area contributed by atoms with Crippen LogP contribution in [0.4, 0.5) is 0 Å². The quantitative estimate of drug-likeness (QED) is 0.905. The van der Waals surface area contributed by atoms with E-state index in [4.69, 9.17) is 0 Å². The highest BCUT2D eigenvalue weighted by Crippen LogP contribution is 2.31. The first-order valence-electron chi connectivity index (χ1n) is 8.77. The lowest BCUT2D eigenvalue weighted by Gasteiger charge is -2.36. The van der Waals surface area contributed by atoms with Crippen molar-refractivity contribution in [2.45, 2.75) is 25.4 Å². The Kier molecular flexibility index (Phi) is 4.39. The number of sulfonamides is 1. The second kappa shape index (κ2) is 6.55. The Hall–Kier alpha value is -1.70. The maximum atomic E-state index is 12.0. The van der Waals surface area contributed by atoms with Crippen LogP contribution in [0.3, 0.4) is 0 Å². The summed E-state index contributed by atoms with van der Waals surface area (Å²) in [7, 11) is -3.12.